The Labute approximate surface area is 77.0 Å². The van der Waals surface area contributed by atoms with E-state index < -0.39 is 0 Å². The van der Waals surface area contributed by atoms with E-state index in [4.69, 9.17) is 5.11 Å². The van der Waals surface area contributed by atoms with Crippen molar-refractivity contribution in [3.8, 4) is 0 Å². The minimum Gasteiger partial charge on any atom is -0.396 e. The molecule has 0 atom stereocenters. The normalized spacial score (nSPS) is 17.3. The first-order valence-electron chi connectivity index (χ1n) is 4.60. The van der Waals surface area contributed by atoms with E-state index in [-0.39, 0.29) is 6.61 Å². The van der Waals surface area contributed by atoms with E-state index in [2.05, 4.69) is 15.0 Å². The van der Waals surface area contributed by atoms with Crippen LogP contribution in [-0.4, -0.2) is 44.5 Å². The van der Waals surface area contributed by atoms with Gasteiger partial charge in [-0.3, -0.25) is 4.90 Å². The molecule has 2 rings (SSSR count). The average Bonchev–Trinajstić information content (AvgIpc) is 2.61. The number of aliphatic hydroxyl groups excluding tert-OH is 1. The minimum atomic E-state index is 0.267. The summed E-state index contributed by atoms with van der Waals surface area (Å²) >= 11 is 0. The van der Waals surface area contributed by atoms with Crippen LogP contribution < -0.4 is 0 Å². The molecule has 1 N–H and O–H groups in total. The maximum atomic E-state index is 8.69. The van der Waals surface area contributed by atoms with Crippen molar-refractivity contribution >= 4 is 0 Å². The summed E-state index contributed by atoms with van der Waals surface area (Å²) < 4.78 is 1.94. The monoisotopic (exact) mass is 182 g/mol. The van der Waals surface area contributed by atoms with Gasteiger partial charge in [-0.15, -0.1) is 0 Å². The fraction of sp³-hybridized carbons (Fsp3) is 0.750. The molecule has 0 amide bonds. The molecule has 1 aromatic rings. The van der Waals surface area contributed by atoms with Gasteiger partial charge >= 0.3 is 0 Å². The van der Waals surface area contributed by atoms with E-state index in [9.17, 15) is 0 Å². The lowest BCUT2D eigenvalue weighted by molar-refractivity contribution is 0.185. The molecular weight excluding hydrogens is 168 g/mol. The molecule has 13 heavy (non-hydrogen) atoms. The Morgan fingerprint density at radius 2 is 2.38 bits per heavy atom. The van der Waals surface area contributed by atoms with Gasteiger partial charge in [0, 0.05) is 19.7 Å². The van der Waals surface area contributed by atoms with Gasteiger partial charge in [0.25, 0.3) is 0 Å². The van der Waals surface area contributed by atoms with Crippen LogP contribution in [0.4, 0.5) is 0 Å². The molecule has 5 nitrogen and oxygen atoms in total. The molecule has 0 aromatic carbocycles. The zero-order valence-electron chi connectivity index (χ0n) is 7.56. The van der Waals surface area contributed by atoms with Gasteiger partial charge in [-0.2, -0.15) is 5.10 Å². The molecule has 72 valence electrons. The first kappa shape index (κ1) is 8.65. The maximum absolute atomic E-state index is 8.69. The van der Waals surface area contributed by atoms with Crippen molar-refractivity contribution in [2.75, 3.05) is 19.7 Å². The molecule has 5 heteroatoms. The zero-order chi connectivity index (χ0) is 9.10. The van der Waals surface area contributed by atoms with Gasteiger partial charge in [-0.25, -0.2) is 9.67 Å². The molecule has 0 radical (unpaired) electrons. The van der Waals surface area contributed by atoms with Crippen molar-refractivity contribution in [2.45, 2.75) is 19.5 Å². The lowest BCUT2D eigenvalue weighted by Crippen LogP contribution is -2.35. The van der Waals surface area contributed by atoms with Gasteiger partial charge in [-0.05, 0) is 6.42 Å². The second-order valence-electron chi connectivity index (χ2n) is 3.25. The number of rotatable bonds is 3. The van der Waals surface area contributed by atoms with Crippen molar-refractivity contribution < 1.29 is 5.11 Å². The first-order valence-corrected chi connectivity index (χ1v) is 4.60. The van der Waals surface area contributed by atoms with Gasteiger partial charge in [0.1, 0.15) is 12.2 Å². The molecule has 0 aliphatic carbocycles. The second kappa shape index (κ2) is 3.85. The third-order valence-corrected chi connectivity index (χ3v) is 2.32. The molecule has 1 aliphatic rings. The van der Waals surface area contributed by atoms with Gasteiger partial charge in [0.15, 0.2) is 0 Å². The molecule has 0 spiro atoms. The Bertz CT molecular complexity index is 273. The summed E-state index contributed by atoms with van der Waals surface area (Å²) in [6, 6.07) is 0. The van der Waals surface area contributed by atoms with E-state index in [1.807, 2.05) is 4.68 Å². The number of fused-ring (bicyclic) bond motifs is 1. The summed E-state index contributed by atoms with van der Waals surface area (Å²) in [4.78, 5) is 6.45. The zero-order valence-corrected chi connectivity index (χ0v) is 7.56. The lowest BCUT2D eigenvalue weighted by atomic mass is 10.3. The van der Waals surface area contributed by atoms with Crippen molar-refractivity contribution in [2.24, 2.45) is 0 Å². The smallest absolute Gasteiger partial charge is 0.141 e. The summed E-state index contributed by atoms with van der Waals surface area (Å²) in [5.74, 6) is 1.03. The third-order valence-electron chi connectivity index (χ3n) is 2.32. The number of aromatic nitrogens is 3. The Kier molecular flexibility index (Phi) is 2.56. The van der Waals surface area contributed by atoms with E-state index in [1.54, 1.807) is 6.33 Å². The largest absolute Gasteiger partial charge is 0.396 e. The van der Waals surface area contributed by atoms with Crippen molar-refractivity contribution in [1.29, 1.82) is 0 Å². The summed E-state index contributed by atoms with van der Waals surface area (Å²) in [6.45, 7) is 4.00. The van der Waals surface area contributed by atoms with Crippen LogP contribution in [0.3, 0.4) is 0 Å². The molecule has 1 aromatic heterocycles. The molecule has 2 heterocycles. The maximum Gasteiger partial charge on any atom is 0.141 e. The number of nitrogens with zero attached hydrogens (tertiary/aromatic N) is 4. The second-order valence-corrected chi connectivity index (χ2v) is 3.25. The summed E-state index contributed by atoms with van der Waals surface area (Å²) in [5, 5.41) is 12.8. The van der Waals surface area contributed by atoms with Gasteiger partial charge < -0.3 is 5.11 Å². The quantitative estimate of drug-likeness (QED) is 0.683. The molecule has 0 unspecified atom stereocenters. The number of hydrogen-bond acceptors (Lipinski definition) is 4. The lowest BCUT2D eigenvalue weighted by Gasteiger charge is -2.25. The third kappa shape index (κ3) is 1.87. The highest BCUT2D eigenvalue weighted by Crippen LogP contribution is 2.07. The molecule has 0 saturated carbocycles. The predicted octanol–water partition coefficient (Wildman–Crippen LogP) is -0.524. The van der Waals surface area contributed by atoms with E-state index in [0.717, 1.165) is 38.4 Å². The van der Waals surface area contributed by atoms with Crippen LogP contribution in [0.15, 0.2) is 6.33 Å². The van der Waals surface area contributed by atoms with Crippen molar-refractivity contribution in [3.63, 3.8) is 0 Å². The van der Waals surface area contributed by atoms with Crippen LogP contribution in [0.2, 0.25) is 0 Å². The Balaban J connectivity index is 1.93. The van der Waals surface area contributed by atoms with Crippen LogP contribution in [0.5, 0.6) is 0 Å². The highest BCUT2D eigenvalue weighted by atomic mass is 16.3. The van der Waals surface area contributed by atoms with Crippen LogP contribution in [0.25, 0.3) is 0 Å². The van der Waals surface area contributed by atoms with Crippen LogP contribution in [0, 0.1) is 0 Å². The Morgan fingerprint density at radius 1 is 1.46 bits per heavy atom. The first-order chi connectivity index (χ1) is 6.40. The van der Waals surface area contributed by atoms with Crippen LogP contribution in [0.1, 0.15) is 12.2 Å². The average molecular weight is 182 g/mol. The van der Waals surface area contributed by atoms with Crippen molar-refractivity contribution in [3.05, 3.63) is 12.2 Å². The van der Waals surface area contributed by atoms with E-state index in [0.29, 0.717) is 0 Å². The van der Waals surface area contributed by atoms with E-state index in [1.165, 1.54) is 0 Å². The van der Waals surface area contributed by atoms with Gasteiger partial charge in [0.05, 0.1) is 13.1 Å². The summed E-state index contributed by atoms with van der Waals surface area (Å²) in [6.07, 6.45) is 2.44. The predicted molar refractivity (Wildman–Crippen MR) is 47.0 cm³/mol. The summed E-state index contributed by atoms with van der Waals surface area (Å²) in [7, 11) is 0. The summed E-state index contributed by atoms with van der Waals surface area (Å²) in [5.41, 5.74) is 0. The SMILES string of the molecule is OCCCN1CCn2ncnc2C1. The topological polar surface area (TPSA) is 54.2 Å². The van der Waals surface area contributed by atoms with Crippen molar-refractivity contribution in [1.82, 2.24) is 19.7 Å². The number of aliphatic hydroxyl groups is 1. The molecule has 0 fully saturated rings. The van der Waals surface area contributed by atoms with Crippen LogP contribution in [-0.2, 0) is 13.1 Å². The molecule has 0 bridgehead atoms. The van der Waals surface area contributed by atoms with Gasteiger partial charge in [-0.1, -0.05) is 0 Å². The Morgan fingerprint density at radius 3 is 3.23 bits per heavy atom. The fourth-order valence-electron chi connectivity index (χ4n) is 1.60. The van der Waals surface area contributed by atoms with Gasteiger partial charge in [0.2, 0.25) is 0 Å². The Hall–Kier alpha value is -0.940. The highest BCUT2D eigenvalue weighted by molar-refractivity contribution is 4.88. The standard InChI is InChI=1S/C8H14N4O/c13-5-1-2-11-3-4-12-8(6-11)9-7-10-12/h7,13H,1-6H2. The molecule has 0 saturated heterocycles. The number of hydrogen-bond donors (Lipinski definition) is 1. The molecular formula is C8H14N4O. The van der Waals surface area contributed by atoms with E-state index >= 15 is 0 Å². The van der Waals surface area contributed by atoms with Crippen LogP contribution >= 0.6 is 0 Å². The highest BCUT2D eigenvalue weighted by Gasteiger charge is 2.16. The minimum absolute atomic E-state index is 0.267. The molecule has 1 aliphatic heterocycles. The fourth-order valence-corrected chi connectivity index (χ4v) is 1.60.